The number of anilines is 1. The number of esters is 1. The van der Waals surface area contributed by atoms with Gasteiger partial charge in [0, 0.05) is 17.8 Å². The Morgan fingerprint density at radius 2 is 1.65 bits per heavy atom. The third-order valence-electron chi connectivity index (χ3n) is 5.82. The molecule has 2 aromatic heterocycles. The Morgan fingerprint density at radius 1 is 0.903 bits per heavy atom. The van der Waals surface area contributed by atoms with Crippen molar-refractivity contribution in [2.75, 3.05) is 5.32 Å². The molecule has 1 fully saturated rings. The normalized spacial score (nSPS) is 14.5. The van der Waals surface area contributed by atoms with Crippen molar-refractivity contribution in [3.8, 4) is 17.0 Å². The molecular weight excluding hydrogens is 386 g/mol. The van der Waals surface area contributed by atoms with Gasteiger partial charge in [0.1, 0.15) is 22.9 Å². The van der Waals surface area contributed by atoms with E-state index < -0.39 is 0 Å². The average molecular weight is 412 g/mol. The molecule has 1 saturated carbocycles. The third kappa shape index (κ3) is 4.17. The van der Waals surface area contributed by atoms with Gasteiger partial charge >= 0.3 is 5.97 Å². The minimum atomic E-state index is -0.360. The summed E-state index contributed by atoms with van der Waals surface area (Å²) in [5.41, 5.74) is 3.35. The second kappa shape index (κ2) is 8.64. The highest BCUT2D eigenvalue weighted by Crippen LogP contribution is 2.32. The highest BCUT2D eigenvalue weighted by molar-refractivity contribution is 5.91. The summed E-state index contributed by atoms with van der Waals surface area (Å²) in [4.78, 5) is 17.2. The first-order chi connectivity index (χ1) is 15.3. The van der Waals surface area contributed by atoms with Gasteiger partial charge in [-0.3, -0.25) is 4.40 Å². The Morgan fingerprint density at radius 3 is 2.42 bits per heavy atom. The number of carbonyl (C=O) groups excluding carboxylic acids is 1. The summed E-state index contributed by atoms with van der Waals surface area (Å²) in [5.74, 6) is 1.18. The first-order valence-electron chi connectivity index (χ1n) is 10.9. The Kier molecular flexibility index (Phi) is 5.40. The molecule has 0 spiro atoms. The molecule has 1 aliphatic rings. The number of imidazole rings is 1. The second-order valence-electron chi connectivity index (χ2n) is 8.00. The molecule has 0 bridgehead atoms. The van der Waals surface area contributed by atoms with Crippen molar-refractivity contribution in [1.29, 1.82) is 0 Å². The van der Waals surface area contributed by atoms with Crippen LogP contribution in [-0.4, -0.2) is 21.4 Å². The maximum Gasteiger partial charge on any atom is 0.343 e. The van der Waals surface area contributed by atoms with Crippen molar-refractivity contribution >= 4 is 17.4 Å². The minimum absolute atomic E-state index is 0.360. The smallest absolute Gasteiger partial charge is 0.343 e. The fourth-order valence-corrected chi connectivity index (χ4v) is 4.20. The molecular formula is C26H25N3O2. The van der Waals surface area contributed by atoms with E-state index in [0.29, 0.717) is 17.4 Å². The Labute approximate surface area is 181 Å². The van der Waals surface area contributed by atoms with Crippen molar-refractivity contribution in [3.63, 3.8) is 0 Å². The van der Waals surface area contributed by atoms with Gasteiger partial charge in [0.2, 0.25) is 0 Å². The Hall–Kier alpha value is -3.60. The fourth-order valence-electron chi connectivity index (χ4n) is 4.20. The first-order valence-corrected chi connectivity index (χ1v) is 10.9. The first kappa shape index (κ1) is 19.4. The van der Waals surface area contributed by atoms with E-state index in [1.807, 2.05) is 66.9 Å². The van der Waals surface area contributed by atoms with Crippen molar-refractivity contribution < 1.29 is 9.53 Å². The quantitative estimate of drug-likeness (QED) is 0.325. The number of benzene rings is 2. The lowest BCUT2D eigenvalue weighted by Gasteiger charge is -2.24. The monoisotopic (exact) mass is 411 g/mol. The molecule has 1 N–H and O–H groups in total. The number of aromatic nitrogens is 2. The van der Waals surface area contributed by atoms with Crippen LogP contribution >= 0.6 is 0 Å². The standard InChI is InChI=1S/C26H25N3O2/c30-26(20-9-3-1-4-10-20)31-22-16-14-19(15-17-22)24-25(27-21-11-5-2-6-12-21)29-18-8-7-13-23(29)28-24/h1,3-4,7-10,13-18,21,27H,2,5-6,11-12H2. The number of pyridine rings is 1. The van der Waals surface area contributed by atoms with E-state index >= 15 is 0 Å². The largest absolute Gasteiger partial charge is 0.423 e. The second-order valence-corrected chi connectivity index (χ2v) is 8.00. The molecule has 0 radical (unpaired) electrons. The summed E-state index contributed by atoms with van der Waals surface area (Å²) in [7, 11) is 0. The maximum atomic E-state index is 12.3. The Balaban J connectivity index is 1.42. The number of fused-ring (bicyclic) bond motifs is 1. The van der Waals surface area contributed by atoms with E-state index in [9.17, 15) is 4.79 Å². The van der Waals surface area contributed by atoms with E-state index in [4.69, 9.17) is 9.72 Å². The molecule has 0 atom stereocenters. The summed E-state index contributed by atoms with van der Waals surface area (Å²) >= 11 is 0. The summed E-state index contributed by atoms with van der Waals surface area (Å²) < 4.78 is 7.64. The SMILES string of the molecule is O=C(Oc1ccc(-c2nc3ccccn3c2NC2CCCCC2)cc1)c1ccccc1. The molecule has 0 unspecified atom stereocenters. The lowest BCUT2D eigenvalue weighted by atomic mass is 9.95. The van der Waals surface area contributed by atoms with Crippen LogP contribution in [0.2, 0.25) is 0 Å². The van der Waals surface area contributed by atoms with Crippen molar-refractivity contribution in [2.45, 2.75) is 38.1 Å². The molecule has 0 saturated heterocycles. The van der Waals surface area contributed by atoms with Gasteiger partial charge < -0.3 is 10.1 Å². The van der Waals surface area contributed by atoms with Gasteiger partial charge in [-0.15, -0.1) is 0 Å². The lowest BCUT2D eigenvalue weighted by Crippen LogP contribution is -2.23. The van der Waals surface area contributed by atoms with E-state index in [1.54, 1.807) is 12.1 Å². The number of carbonyl (C=O) groups is 1. The van der Waals surface area contributed by atoms with Crippen LogP contribution in [0.4, 0.5) is 5.82 Å². The zero-order chi connectivity index (χ0) is 21.0. The zero-order valence-corrected chi connectivity index (χ0v) is 17.3. The van der Waals surface area contributed by atoms with Crippen LogP contribution < -0.4 is 10.1 Å². The van der Waals surface area contributed by atoms with Gasteiger partial charge in [0.15, 0.2) is 0 Å². The molecule has 0 amide bonds. The molecule has 0 aliphatic heterocycles. The van der Waals surface area contributed by atoms with Gasteiger partial charge in [-0.25, -0.2) is 9.78 Å². The zero-order valence-electron chi connectivity index (χ0n) is 17.3. The van der Waals surface area contributed by atoms with Crippen LogP contribution in [0, 0.1) is 0 Å². The molecule has 5 heteroatoms. The van der Waals surface area contributed by atoms with Crippen LogP contribution in [0.3, 0.4) is 0 Å². The van der Waals surface area contributed by atoms with Crippen LogP contribution in [0.15, 0.2) is 79.0 Å². The van der Waals surface area contributed by atoms with Crippen LogP contribution in [0.25, 0.3) is 16.9 Å². The van der Waals surface area contributed by atoms with Gasteiger partial charge in [-0.2, -0.15) is 0 Å². The van der Waals surface area contributed by atoms with E-state index in [-0.39, 0.29) is 5.97 Å². The van der Waals surface area contributed by atoms with E-state index in [0.717, 1.165) is 22.7 Å². The molecule has 5 rings (SSSR count). The number of nitrogens with zero attached hydrogens (tertiary/aromatic N) is 2. The number of ether oxygens (including phenoxy) is 1. The highest BCUT2D eigenvalue weighted by atomic mass is 16.5. The number of hydrogen-bond acceptors (Lipinski definition) is 4. The fraction of sp³-hybridized carbons (Fsp3) is 0.231. The molecule has 31 heavy (non-hydrogen) atoms. The van der Waals surface area contributed by atoms with Crippen molar-refractivity contribution in [2.24, 2.45) is 0 Å². The number of hydrogen-bond donors (Lipinski definition) is 1. The lowest BCUT2D eigenvalue weighted by molar-refractivity contribution is 0.0735. The van der Waals surface area contributed by atoms with Crippen LogP contribution in [0.5, 0.6) is 5.75 Å². The summed E-state index contributed by atoms with van der Waals surface area (Å²) in [5, 5.41) is 3.75. The Bertz CT molecular complexity index is 1180. The van der Waals surface area contributed by atoms with Gasteiger partial charge in [-0.05, 0) is 61.4 Å². The summed E-state index contributed by atoms with van der Waals surface area (Å²) in [6.07, 6.45) is 8.28. The predicted octanol–water partition coefficient (Wildman–Crippen LogP) is 5.97. The average Bonchev–Trinajstić information content (AvgIpc) is 3.19. The van der Waals surface area contributed by atoms with Crippen molar-refractivity contribution in [3.05, 3.63) is 84.6 Å². The van der Waals surface area contributed by atoms with E-state index in [1.165, 1.54) is 32.1 Å². The number of nitrogens with one attached hydrogen (secondary N) is 1. The van der Waals surface area contributed by atoms with Crippen LogP contribution in [-0.2, 0) is 0 Å². The predicted molar refractivity (Wildman–Crippen MR) is 123 cm³/mol. The summed E-state index contributed by atoms with van der Waals surface area (Å²) in [6.45, 7) is 0. The molecule has 4 aromatic rings. The van der Waals surface area contributed by atoms with Gasteiger partial charge in [-0.1, -0.05) is 43.5 Å². The molecule has 1 aliphatic carbocycles. The number of rotatable bonds is 5. The molecule has 2 heterocycles. The van der Waals surface area contributed by atoms with Gasteiger partial charge in [0.25, 0.3) is 0 Å². The topological polar surface area (TPSA) is 55.6 Å². The molecule has 2 aromatic carbocycles. The van der Waals surface area contributed by atoms with Crippen LogP contribution in [0.1, 0.15) is 42.5 Å². The molecule has 156 valence electrons. The van der Waals surface area contributed by atoms with E-state index in [2.05, 4.69) is 9.72 Å². The minimum Gasteiger partial charge on any atom is -0.423 e. The maximum absolute atomic E-state index is 12.3. The highest BCUT2D eigenvalue weighted by Gasteiger charge is 2.19. The third-order valence-corrected chi connectivity index (χ3v) is 5.82. The summed E-state index contributed by atoms with van der Waals surface area (Å²) in [6, 6.07) is 23.1. The van der Waals surface area contributed by atoms with Crippen molar-refractivity contribution in [1.82, 2.24) is 9.38 Å². The molecule has 5 nitrogen and oxygen atoms in total. The van der Waals surface area contributed by atoms with Gasteiger partial charge in [0.05, 0.1) is 5.56 Å².